The first-order chi connectivity index (χ1) is 8.15. The van der Waals surface area contributed by atoms with Crippen molar-refractivity contribution in [3.05, 3.63) is 35.4 Å². The molecule has 1 atom stereocenters. The highest BCUT2D eigenvalue weighted by Crippen LogP contribution is 2.27. The first-order valence-corrected chi connectivity index (χ1v) is 4.91. The molecule has 1 aromatic rings. The smallest absolute Gasteiger partial charge is 0.414 e. The van der Waals surface area contributed by atoms with Crippen molar-refractivity contribution in [1.29, 1.82) is 0 Å². The van der Waals surface area contributed by atoms with Gasteiger partial charge in [-0.2, -0.15) is 0 Å². The van der Waals surface area contributed by atoms with Gasteiger partial charge in [-0.15, -0.1) is 0 Å². The van der Waals surface area contributed by atoms with Gasteiger partial charge < -0.3 is 9.84 Å². The number of nitrogens with zero attached hydrogens (tertiary/aromatic N) is 2. The molecule has 88 valence electrons. The molecule has 1 fully saturated rings. The lowest BCUT2D eigenvalue weighted by Gasteiger charge is -2.12. The van der Waals surface area contributed by atoms with Crippen molar-refractivity contribution < 1.29 is 19.0 Å². The second kappa shape index (κ2) is 4.39. The van der Waals surface area contributed by atoms with Crippen LogP contribution in [-0.4, -0.2) is 30.5 Å². The van der Waals surface area contributed by atoms with Gasteiger partial charge in [0.05, 0.1) is 19.7 Å². The van der Waals surface area contributed by atoms with Crippen molar-refractivity contribution >= 4 is 17.5 Å². The molecular weight excluding hydrogens is 227 g/mol. The molecule has 1 saturated heterocycles. The van der Waals surface area contributed by atoms with Crippen LogP contribution in [-0.2, 0) is 4.74 Å². The number of halogens is 1. The number of amides is 1. The van der Waals surface area contributed by atoms with Crippen LogP contribution < -0.4 is 4.90 Å². The summed E-state index contributed by atoms with van der Waals surface area (Å²) >= 11 is 0. The number of hydrogen-bond acceptors (Lipinski definition) is 3. The summed E-state index contributed by atoms with van der Waals surface area (Å²) < 4.78 is 18.2. The summed E-state index contributed by atoms with van der Waals surface area (Å²) in [6.45, 7) is 6.61. The van der Waals surface area contributed by atoms with Crippen molar-refractivity contribution in [2.24, 2.45) is 0 Å². The summed E-state index contributed by atoms with van der Waals surface area (Å²) in [5, 5.41) is 8.87. The Morgan fingerprint density at radius 2 is 2.41 bits per heavy atom. The summed E-state index contributed by atoms with van der Waals surface area (Å²) in [6.07, 6.45) is -1.22. The Labute approximate surface area is 96.8 Å². The third-order valence-electron chi connectivity index (χ3n) is 2.44. The fraction of sp³-hybridized carbons (Fsp3) is 0.273. The highest BCUT2D eigenvalue weighted by Gasteiger charge is 2.32. The fourth-order valence-electron chi connectivity index (χ4n) is 1.58. The molecule has 0 aliphatic carbocycles. The monoisotopic (exact) mass is 236 g/mol. The molecule has 2 rings (SSSR count). The van der Waals surface area contributed by atoms with Crippen LogP contribution in [0.5, 0.6) is 0 Å². The number of aliphatic hydroxyl groups excluding tert-OH is 1. The minimum Gasteiger partial charge on any atom is -0.441 e. The summed E-state index contributed by atoms with van der Waals surface area (Å²) in [7, 11) is 0. The second-order valence-electron chi connectivity index (χ2n) is 3.55. The van der Waals surface area contributed by atoms with Crippen molar-refractivity contribution in [3.63, 3.8) is 0 Å². The molecule has 1 amide bonds. The Morgan fingerprint density at radius 1 is 1.65 bits per heavy atom. The number of rotatable bonds is 2. The molecule has 0 radical (unpaired) electrons. The van der Waals surface area contributed by atoms with Gasteiger partial charge in [0, 0.05) is 5.69 Å². The van der Waals surface area contributed by atoms with Crippen LogP contribution in [0.3, 0.4) is 0 Å². The Balaban J connectivity index is 2.27. The zero-order valence-corrected chi connectivity index (χ0v) is 8.76. The lowest BCUT2D eigenvalue weighted by Crippen LogP contribution is -2.25. The molecule has 0 unspecified atom stereocenters. The fourth-order valence-corrected chi connectivity index (χ4v) is 1.58. The number of ether oxygens (including phenoxy) is 1. The maximum Gasteiger partial charge on any atom is 0.414 e. The van der Waals surface area contributed by atoms with Gasteiger partial charge in [-0.1, -0.05) is 6.07 Å². The maximum absolute atomic E-state index is 13.4. The molecule has 0 bridgehead atoms. The lowest BCUT2D eigenvalue weighted by molar-refractivity contribution is 0.0963. The van der Waals surface area contributed by atoms with Crippen molar-refractivity contribution in [2.75, 3.05) is 18.1 Å². The summed E-state index contributed by atoms with van der Waals surface area (Å²) in [4.78, 5) is 15.6. The van der Waals surface area contributed by atoms with E-state index >= 15 is 0 Å². The molecule has 0 aromatic heterocycles. The molecule has 1 aliphatic rings. The number of carbonyl (C=O) groups is 1. The topological polar surface area (TPSA) is 54.1 Å². The Kier molecular flexibility index (Phi) is 2.93. The van der Waals surface area contributed by atoms with Crippen LogP contribution in [0.1, 0.15) is 0 Å². The first-order valence-electron chi connectivity index (χ1n) is 4.91. The van der Waals surface area contributed by atoms with Gasteiger partial charge in [0.25, 0.3) is 0 Å². The predicted octanol–water partition coefficient (Wildman–Crippen LogP) is 1.69. The molecule has 5 nitrogen and oxygen atoms in total. The Bertz CT molecular complexity index is 498. The largest absolute Gasteiger partial charge is 0.441 e. The standard InChI is InChI=1S/C11H9FN2O3/c1-13-10-3-2-7(4-9(10)12)14-5-8(6-15)17-11(14)16/h2-4,8,15H,5-6H2/t8-/m1/s1. The van der Waals surface area contributed by atoms with Crippen molar-refractivity contribution in [3.8, 4) is 0 Å². The van der Waals surface area contributed by atoms with E-state index in [0.717, 1.165) is 6.07 Å². The third-order valence-corrected chi connectivity index (χ3v) is 2.44. The summed E-state index contributed by atoms with van der Waals surface area (Å²) in [5.41, 5.74) is 0.218. The Morgan fingerprint density at radius 3 is 2.94 bits per heavy atom. The van der Waals surface area contributed by atoms with E-state index in [1.54, 1.807) is 0 Å². The highest BCUT2D eigenvalue weighted by atomic mass is 19.1. The number of benzene rings is 1. The van der Waals surface area contributed by atoms with Gasteiger partial charge in [-0.25, -0.2) is 14.0 Å². The molecule has 6 heteroatoms. The van der Waals surface area contributed by atoms with E-state index in [1.807, 2.05) is 0 Å². The SMILES string of the molecule is [C-]#[N+]c1ccc(N2C[C@H](CO)OC2=O)cc1F. The van der Waals surface area contributed by atoms with Gasteiger partial charge in [0.15, 0.2) is 0 Å². The average Bonchev–Trinajstić information content (AvgIpc) is 2.70. The number of carbonyl (C=O) groups excluding carboxylic acids is 1. The number of aliphatic hydroxyl groups is 1. The first kappa shape index (κ1) is 11.4. The highest BCUT2D eigenvalue weighted by molar-refractivity contribution is 5.90. The van der Waals surface area contributed by atoms with Crippen LogP contribution in [0.4, 0.5) is 20.6 Å². The van der Waals surface area contributed by atoms with Crippen LogP contribution >= 0.6 is 0 Å². The maximum atomic E-state index is 13.4. The zero-order chi connectivity index (χ0) is 12.4. The van der Waals surface area contributed by atoms with Crippen LogP contribution in [0, 0.1) is 12.4 Å². The molecule has 1 heterocycles. The number of cyclic esters (lactones) is 1. The van der Waals surface area contributed by atoms with E-state index in [1.165, 1.54) is 17.0 Å². The predicted molar refractivity (Wildman–Crippen MR) is 57.4 cm³/mol. The minimum absolute atomic E-state index is 0.0972. The van der Waals surface area contributed by atoms with Crippen molar-refractivity contribution in [2.45, 2.75) is 6.10 Å². The Hall–Kier alpha value is -2.13. The van der Waals surface area contributed by atoms with Crippen LogP contribution in [0.2, 0.25) is 0 Å². The quantitative estimate of drug-likeness (QED) is 0.795. The second-order valence-corrected chi connectivity index (χ2v) is 3.55. The summed E-state index contributed by atoms with van der Waals surface area (Å²) in [5.74, 6) is -0.683. The molecule has 0 saturated carbocycles. The molecule has 1 N–H and O–H groups in total. The van der Waals surface area contributed by atoms with E-state index in [2.05, 4.69) is 4.85 Å². The van der Waals surface area contributed by atoms with Gasteiger partial charge in [0.1, 0.15) is 11.9 Å². The number of hydrogen-bond donors (Lipinski definition) is 1. The van der Waals surface area contributed by atoms with E-state index in [9.17, 15) is 9.18 Å². The van der Waals surface area contributed by atoms with E-state index in [-0.39, 0.29) is 18.8 Å². The molecule has 0 spiro atoms. The van der Waals surface area contributed by atoms with Crippen LogP contribution in [0.25, 0.3) is 4.85 Å². The van der Waals surface area contributed by atoms with E-state index in [0.29, 0.717) is 5.69 Å². The normalized spacial score (nSPS) is 19.0. The van der Waals surface area contributed by atoms with E-state index in [4.69, 9.17) is 16.4 Å². The summed E-state index contributed by atoms with van der Waals surface area (Å²) in [6, 6.07) is 3.88. The molecule has 1 aliphatic heterocycles. The molecule has 1 aromatic carbocycles. The molecular formula is C11H9FN2O3. The van der Waals surface area contributed by atoms with Crippen molar-refractivity contribution in [1.82, 2.24) is 0 Å². The van der Waals surface area contributed by atoms with Gasteiger partial charge in [-0.3, -0.25) is 4.90 Å². The third kappa shape index (κ3) is 2.05. The van der Waals surface area contributed by atoms with E-state index < -0.39 is 18.0 Å². The van der Waals surface area contributed by atoms with Gasteiger partial charge in [0.2, 0.25) is 5.69 Å². The minimum atomic E-state index is -0.683. The lowest BCUT2D eigenvalue weighted by atomic mass is 10.2. The van der Waals surface area contributed by atoms with Gasteiger partial charge >= 0.3 is 6.09 Å². The number of anilines is 1. The average molecular weight is 236 g/mol. The zero-order valence-electron chi connectivity index (χ0n) is 8.76. The van der Waals surface area contributed by atoms with Crippen LogP contribution in [0.15, 0.2) is 18.2 Å². The van der Waals surface area contributed by atoms with Gasteiger partial charge in [-0.05, 0) is 12.1 Å². The molecule has 17 heavy (non-hydrogen) atoms.